The van der Waals surface area contributed by atoms with Crippen molar-refractivity contribution in [3.05, 3.63) is 28.2 Å². The predicted molar refractivity (Wildman–Crippen MR) is 68.2 cm³/mol. The summed E-state index contributed by atoms with van der Waals surface area (Å²) in [6.45, 7) is 6.53. The van der Waals surface area contributed by atoms with Crippen molar-refractivity contribution in [3.8, 4) is 0 Å². The Balaban J connectivity index is 2.41. The number of rotatable bonds is 0. The van der Waals surface area contributed by atoms with Gasteiger partial charge in [0.2, 0.25) is 0 Å². The summed E-state index contributed by atoms with van der Waals surface area (Å²) in [6.07, 6.45) is 0. The van der Waals surface area contributed by atoms with Gasteiger partial charge < -0.3 is 5.32 Å². The van der Waals surface area contributed by atoms with Crippen LogP contribution < -0.4 is 5.32 Å². The van der Waals surface area contributed by atoms with Crippen LogP contribution in [0.3, 0.4) is 0 Å². The van der Waals surface area contributed by atoms with E-state index in [2.05, 4.69) is 65.2 Å². The summed E-state index contributed by atoms with van der Waals surface area (Å²) in [5, 5.41) is 3.59. The van der Waals surface area contributed by atoms with Crippen LogP contribution in [-0.2, 0) is 6.54 Å². The van der Waals surface area contributed by atoms with Gasteiger partial charge in [0.05, 0.1) is 0 Å². The molecule has 1 aromatic carbocycles. The second kappa shape index (κ2) is 3.80. The molecule has 0 saturated carbocycles. The van der Waals surface area contributed by atoms with Gasteiger partial charge in [-0.05, 0) is 44.7 Å². The van der Waals surface area contributed by atoms with Crippen molar-refractivity contribution >= 4 is 21.6 Å². The molecule has 0 spiro atoms. The van der Waals surface area contributed by atoms with Crippen LogP contribution in [0.1, 0.15) is 19.4 Å². The molecule has 2 nitrogen and oxygen atoms in total. The van der Waals surface area contributed by atoms with E-state index in [1.54, 1.807) is 0 Å². The standard InChI is InChI=1S/C12H17BrN2/c1-12(2)8-15(3)7-9-6-10(13)4-5-11(9)14-12/h4-6,14H,7-8H2,1-3H3. The molecular weight excluding hydrogens is 252 g/mol. The summed E-state index contributed by atoms with van der Waals surface area (Å²) in [6, 6.07) is 6.44. The lowest BCUT2D eigenvalue weighted by Crippen LogP contribution is -2.40. The Labute approximate surface area is 99.8 Å². The van der Waals surface area contributed by atoms with Gasteiger partial charge >= 0.3 is 0 Å². The number of halogens is 1. The molecule has 1 aliphatic heterocycles. The van der Waals surface area contributed by atoms with Crippen molar-refractivity contribution in [2.45, 2.75) is 25.9 Å². The minimum absolute atomic E-state index is 0.133. The SMILES string of the molecule is CN1Cc2cc(Br)ccc2NC(C)(C)C1. The van der Waals surface area contributed by atoms with Crippen LogP contribution in [0.4, 0.5) is 5.69 Å². The highest BCUT2D eigenvalue weighted by atomic mass is 79.9. The van der Waals surface area contributed by atoms with E-state index in [0.717, 1.165) is 17.6 Å². The van der Waals surface area contributed by atoms with E-state index in [1.165, 1.54) is 11.3 Å². The third-order valence-electron chi connectivity index (χ3n) is 2.65. The summed E-state index contributed by atoms with van der Waals surface area (Å²) >= 11 is 3.52. The van der Waals surface area contributed by atoms with E-state index >= 15 is 0 Å². The van der Waals surface area contributed by atoms with Gasteiger partial charge in [0.1, 0.15) is 0 Å². The molecule has 0 unspecified atom stereocenters. The van der Waals surface area contributed by atoms with E-state index in [0.29, 0.717) is 0 Å². The number of fused-ring (bicyclic) bond motifs is 1. The molecule has 0 fully saturated rings. The molecule has 0 atom stereocenters. The molecule has 3 heteroatoms. The molecule has 1 N–H and O–H groups in total. The quantitative estimate of drug-likeness (QED) is 0.778. The first-order valence-electron chi connectivity index (χ1n) is 5.21. The highest BCUT2D eigenvalue weighted by Crippen LogP contribution is 2.28. The zero-order valence-electron chi connectivity index (χ0n) is 9.47. The molecule has 0 radical (unpaired) electrons. The number of nitrogens with one attached hydrogen (secondary N) is 1. The lowest BCUT2D eigenvalue weighted by Gasteiger charge is -2.28. The predicted octanol–water partition coefficient (Wildman–Crippen LogP) is 3.09. The van der Waals surface area contributed by atoms with Gasteiger partial charge in [0, 0.05) is 28.8 Å². The van der Waals surface area contributed by atoms with E-state index in [-0.39, 0.29) is 5.54 Å². The monoisotopic (exact) mass is 268 g/mol. The maximum atomic E-state index is 3.59. The minimum atomic E-state index is 0.133. The highest BCUT2D eigenvalue weighted by molar-refractivity contribution is 9.10. The molecule has 15 heavy (non-hydrogen) atoms. The van der Waals surface area contributed by atoms with Crippen molar-refractivity contribution in [2.24, 2.45) is 0 Å². The van der Waals surface area contributed by atoms with Crippen molar-refractivity contribution in [2.75, 3.05) is 18.9 Å². The number of hydrogen-bond donors (Lipinski definition) is 1. The van der Waals surface area contributed by atoms with Crippen molar-refractivity contribution in [3.63, 3.8) is 0 Å². The molecule has 0 saturated heterocycles. The lowest BCUT2D eigenvalue weighted by molar-refractivity contribution is 0.284. The largest absolute Gasteiger partial charge is 0.379 e. The Morgan fingerprint density at radius 3 is 2.87 bits per heavy atom. The average molecular weight is 269 g/mol. The zero-order chi connectivity index (χ0) is 11.1. The highest BCUT2D eigenvalue weighted by Gasteiger charge is 2.24. The number of nitrogens with zero attached hydrogens (tertiary/aromatic N) is 1. The summed E-state index contributed by atoms with van der Waals surface area (Å²) in [7, 11) is 2.17. The Morgan fingerprint density at radius 1 is 1.40 bits per heavy atom. The molecule has 0 aromatic heterocycles. The number of likely N-dealkylation sites (N-methyl/N-ethyl adjacent to an activating group) is 1. The second-order valence-corrected chi connectivity index (χ2v) is 5.90. The Morgan fingerprint density at radius 2 is 2.13 bits per heavy atom. The topological polar surface area (TPSA) is 15.3 Å². The van der Waals surface area contributed by atoms with Crippen LogP contribution >= 0.6 is 15.9 Å². The van der Waals surface area contributed by atoms with Crippen LogP contribution in [-0.4, -0.2) is 24.0 Å². The van der Waals surface area contributed by atoms with Gasteiger partial charge in [-0.1, -0.05) is 15.9 Å². The fraction of sp³-hybridized carbons (Fsp3) is 0.500. The third-order valence-corrected chi connectivity index (χ3v) is 3.14. The smallest absolute Gasteiger partial charge is 0.0444 e. The first kappa shape index (κ1) is 11.0. The maximum absolute atomic E-state index is 3.59. The molecule has 1 aliphatic rings. The average Bonchev–Trinajstić information content (AvgIpc) is 2.18. The van der Waals surface area contributed by atoms with E-state index in [1.807, 2.05) is 0 Å². The Bertz CT molecular complexity index is 374. The van der Waals surface area contributed by atoms with Gasteiger partial charge in [-0.2, -0.15) is 0 Å². The Kier molecular flexibility index (Phi) is 2.77. The van der Waals surface area contributed by atoms with Gasteiger partial charge in [-0.25, -0.2) is 0 Å². The fourth-order valence-corrected chi connectivity index (χ4v) is 2.65. The van der Waals surface area contributed by atoms with Gasteiger partial charge in [-0.3, -0.25) is 4.90 Å². The molecular formula is C12H17BrN2. The molecule has 0 bridgehead atoms. The molecule has 1 heterocycles. The minimum Gasteiger partial charge on any atom is -0.379 e. The van der Waals surface area contributed by atoms with E-state index < -0.39 is 0 Å². The molecule has 1 aromatic rings. The van der Waals surface area contributed by atoms with Gasteiger partial charge in [-0.15, -0.1) is 0 Å². The number of anilines is 1. The summed E-state index contributed by atoms with van der Waals surface area (Å²) < 4.78 is 1.15. The molecule has 82 valence electrons. The maximum Gasteiger partial charge on any atom is 0.0444 e. The number of hydrogen-bond acceptors (Lipinski definition) is 2. The van der Waals surface area contributed by atoms with E-state index in [9.17, 15) is 0 Å². The molecule has 0 aliphatic carbocycles. The van der Waals surface area contributed by atoms with Gasteiger partial charge in [0.25, 0.3) is 0 Å². The van der Waals surface area contributed by atoms with Crippen LogP contribution in [0.25, 0.3) is 0 Å². The normalized spacial score (nSPS) is 20.3. The fourth-order valence-electron chi connectivity index (χ4n) is 2.24. The first-order chi connectivity index (χ1) is 6.96. The van der Waals surface area contributed by atoms with Crippen molar-refractivity contribution < 1.29 is 0 Å². The van der Waals surface area contributed by atoms with Gasteiger partial charge in [0.15, 0.2) is 0 Å². The Hall–Kier alpha value is -0.540. The summed E-state index contributed by atoms with van der Waals surface area (Å²) in [4.78, 5) is 2.35. The van der Waals surface area contributed by atoms with Crippen LogP contribution in [0.5, 0.6) is 0 Å². The van der Waals surface area contributed by atoms with Crippen LogP contribution in [0, 0.1) is 0 Å². The second-order valence-electron chi connectivity index (χ2n) is 4.98. The first-order valence-corrected chi connectivity index (χ1v) is 6.01. The van der Waals surface area contributed by atoms with Crippen LogP contribution in [0.2, 0.25) is 0 Å². The zero-order valence-corrected chi connectivity index (χ0v) is 11.1. The van der Waals surface area contributed by atoms with Crippen molar-refractivity contribution in [1.29, 1.82) is 0 Å². The van der Waals surface area contributed by atoms with E-state index in [4.69, 9.17) is 0 Å². The number of benzene rings is 1. The summed E-state index contributed by atoms with van der Waals surface area (Å²) in [5.41, 5.74) is 2.75. The third kappa shape index (κ3) is 2.52. The van der Waals surface area contributed by atoms with Crippen molar-refractivity contribution in [1.82, 2.24) is 4.90 Å². The lowest BCUT2D eigenvalue weighted by atomic mass is 10.1. The molecule has 0 amide bonds. The molecule has 2 rings (SSSR count). The van der Waals surface area contributed by atoms with Crippen LogP contribution in [0.15, 0.2) is 22.7 Å². The summed E-state index contributed by atoms with van der Waals surface area (Å²) in [5.74, 6) is 0.